The van der Waals surface area contributed by atoms with Crippen molar-refractivity contribution in [1.82, 2.24) is 14.8 Å². The normalized spacial score (nSPS) is 14.4. The van der Waals surface area contributed by atoms with Crippen molar-refractivity contribution in [3.05, 3.63) is 23.9 Å². The molecular weight excluding hydrogens is 252 g/mol. The van der Waals surface area contributed by atoms with Crippen molar-refractivity contribution in [2.24, 2.45) is 0 Å². The highest BCUT2D eigenvalue weighted by atomic mass is 16.2. The Hall–Kier alpha value is -1.62. The first kappa shape index (κ1) is 14.8. The molecule has 0 spiro atoms. The summed E-state index contributed by atoms with van der Waals surface area (Å²) in [6, 6.07) is 4.48. The second-order valence-electron chi connectivity index (χ2n) is 5.42. The van der Waals surface area contributed by atoms with E-state index in [0.717, 1.165) is 31.5 Å². The molecule has 5 nitrogen and oxygen atoms in total. The molecule has 2 rings (SSSR count). The van der Waals surface area contributed by atoms with Gasteiger partial charge in [0.2, 0.25) is 0 Å². The summed E-state index contributed by atoms with van der Waals surface area (Å²) in [5, 5.41) is 3.31. The lowest BCUT2D eigenvalue weighted by Gasteiger charge is -2.19. The number of rotatable bonds is 7. The van der Waals surface area contributed by atoms with Crippen molar-refractivity contribution in [2.45, 2.75) is 25.8 Å². The van der Waals surface area contributed by atoms with E-state index in [1.54, 1.807) is 25.2 Å². The van der Waals surface area contributed by atoms with Gasteiger partial charge in [0.25, 0.3) is 5.91 Å². The zero-order valence-corrected chi connectivity index (χ0v) is 12.6. The molecule has 0 aliphatic heterocycles. The number of hydrogen-bond acceptors (Lipinski definition) is 4. The Balaban J connectivity index is 1.80. The van der Waals surface area contributed by atoms with Gasteiger partial charge in [-0.25, -0.2) is 4.98 Å². The lowest BCUT2D eigenvalue weighted by Crippen LogP contribution is -2.31. The van der Waals surface area contributed by atoms with E-state index < -0.39 is 0 Å². The van der Waals surface area contributed by atoms with Gasteiger partial charge >= 0.3 is 0 Å². The lowest BCUT2D eigenvalue weighted by molar-refractivity contribution is 0.0827. The predicted octanol–water partition coefficient (Wildman–Crippen LogP) is 1.68. The number of carbonyl (C=O) groups excluding carboxylic acids is 1. The van der Waals surface area contributed by atoms with Gasteiger partial charge in [-0.1, -0.05) is 6.92 Å². The highest BCUT2D eigenvalue weighted by Crippen LogP contribution is 2.25. The topological polar surface area (TPSA) is 48.5 Å². The summed E-state index contributed by atoms with van der Waals surface area (Å²) in [7, 11) is 3.48. The average Bonchev–Trinajstić information content (AvgIpc) is 3.28. The number of amides is 1. The van der Waals surface area contributed by atoms with Crippen LogP contribution >= 0.6 is 0 Å². The van der Waals surface area contributed by atoms with E-state index in [1.807, 2.05) is 12.1 Å². The van der Waals surface area contributed by atoms with Crippen LogP contribution in [0.15, 0.2) is 18.3 Å². The molecule has 0 aromatic carbocycles. The van der Waals surface area contributed by atoms with E-state index in [-0.39, 0.29) is 5.91 Å². The van der Waals surface area contributed by atoms with Crippen molar-refractivity contribution >= 4 is 11.7 Å². The first-order chi connectivity index (χ1) is 9.61. The maximum Gasteiger partial charge on any atom is 0.254 e. The van der Waals surface area contributed by atoms with Crippen LogP contribution in [0.25, 0.3) is 0 Å². The zero-order chi connectivity index (χ0) is 14.5. The van der Waals surface area contributed by atoms with Crippen LogP contribution in [0.5, 0.6) is 0 Å². The zero-order valence-electron chi connectivity index (χ0n) is 12.6. The molecule has 0 saturated heterocycles. The van der Waals surface area contributed by atoms with Crippen molar-refractivity contribution in [1.29, 1.82) is 0 Å². The van der Waals surface area contributed by atoms with Crippen LogP contribution in [-0.4, -0.2) is 60.5 Å². The number of anilines is 1. The molecule has 1 fully saturated rings. The molecule has 5 heteroatoms. The molecule has 110 valence electrons. The van der Waals surface area contributed by atoms with E-state index in [4.69, 9.17) is 0 Å². The fraction of sp³-hybridized carbons (Fsp3) is 0.600. The molecule has 1 saturated carbocycles. The Morgan fingerprint density at radius 3 is 2.65 bits per heavy atom. The monoisotopic (exact) mass is 276 g/mol. The molecule has 1 amide bonds. The Morgan fingerprint density at radius 2 is 2.15 bits per heavy atom. The summed E-state index contributed by atoms with van der Waals surface area (Å²) in [6.45, 7) is 5.24. The average molecular weight is 276 g/mol. The van der Waals surface area contributed by atoms with E-state index in [0.29, 0.717) is 5.56 Å². The summed E-state index contributed by atoms with van der Waals surface area (Å²) < 4.78 is 0. The Kier molecular flexibility index (Phi) is 4.95. The number of aromatic nitrogens is 1. The second-order valence-corrected chi connectivity index (χ2v) is 5.42. The van der Waals surface area contributed by atoms with Gasteiger partial charge < -0.3 is 10.2 Å². The van der Waals surface area contributed by atoms with E-state index in [1.165, 1.54) is 12.8 Å². The van der Waals surface area contributed by atoms with Crippen molar-refractivity contribution in [2.75, 3.05) is 39.0 Å². The van der Waals surface area contributed by atoms with Gasteiger partial charge in [0.05, 0.1) is 5.56 Å². The number of hydrogen-bond donors (Lipinski definition) is 1. The molecule has 1 heterocycles. The Morgan fingerprint density at radius 1 is 1.40 bits per heavy atom. The maximum atomic E-state index is 11.7. The molecule has 0 bridgehead atoms. The summed E-state index contributed by atoms with van der Waals surface area (Å²) in [5.41, 5.74) is 0.619. The number of carbonyl (C=O) groups is 1. The molecule has 20 heavy (non-hydrogen) atoms. The third-order valence-corrected chi connectivity index (χ3v) is 3.59. The third-order valence-electron chi connectivity index (χ3n) is 3.59. The van der Waals surface area contributed by atoms with Gasteiger partial charge in [-0.2, -0.15) is 0 Å². The SMILES string of the molecule is CCN(CCNc1ccc(C(=O)N(C)C)cn1)C1CC1. The maximum absolute atomic E-state index is 11.7. The van der Waals surface area contributed by atoms with E-state index in [2.05, 4.69) is 22.1 Å². The van der Waals surface area contributed by atoms with Gasteiger partial charge in [0, 0.05) is 39.4 Å². The number of nitrogens with one attached hydrogen (secondary N) is 1. The first-order valence-electron chi connectivity index (χ1n) is 7.27. The minimum absolute atomic E-state index is 0.0186. The molecular formula is C15H24N4O. The summed E-state index contributed by atoms with van der Waals surface area (Å²) in [4.78, 5) is 20.1. The van der Waals surface area contributed by atoms with Crippen LogP contribution in [0, 0.1) is 0 Å². The minimum Gasteiger partial charge on any atom is -0.369 e. The molecule has 1 aromatic heterocycles. The standard InChI is InChI=1S/C15H24N4O/c1-4-19(13-6-7-13)10-9-16-14-8-5-12(11-17-14)15(20)18(2)3/h5,8,11,13H,4,6-7,9-10H2,1-3H3,(H,16,17). The highest BCUT2D eigenvalue weighted by molar-refractivity contribution is 5.93. The Labute approximate surface area is 121 Å². The summed E-state index contributed by atoms with van der Waals surface area (Å²) >= 11 is 0. The van der Waals surface area contributed by atoms with E-state index in [9.17, 15) is 4.79 Å². The van der Waals surface area contributed by atoms with Crippen LogP contribution in [0.2, 0.25) is 0 Å². The smallest absolute Gasteiger partial charge is 0.254 e. The van der Waals surface area contributed by atoms with Crippen LogP contribution in [0.3, 0.4) is 0 Å². The van der Waals surface area contributed by atoms with Gasteiger partial charge in [-0.15, -0.1) is 0 Å². The summed E-state index contributed by atoms with van der Waals surface area (Å²) in [5.74, 6) is 0.807. The number of nitrogens with zero attached hydrogens (tertiary/aromatic N) is 3. The minimum atomic E-state index is -0.0186. The third kappa shape index (κ3) is 3.93. The molecule has 1 aliphatic carbocycles. The largest absolute Gasteiger partial charge is 0.369 e. The molecule has 1 N–H and O–H groups in total. The molecule has 1 aromatic rings. The molecule has 0 unspecified atom stereocenters. The van der Waals surface area contributed by atoms with Gasteiger partial charge in [0.1, 0.15) is 5.82 Å². The van der Waals surface area contributed by atoms with E-state index >= 15 is 0 Å². The molecule has 1 aliphatic rings. The number of likely N-dealkylation sites (N-methyl/N-ethyl adjacent to an activating group) is 1. The fourth-order valence-corrected chi connectivity index (χ4v) is 2.25. The summed E-state index contributed by atoms with van der Waals surface area (Å²) in [6.07, 6.45) is 4.31. The molecule has 0 atom stereocenters. The van der Waals surface area contributed by atoms with Crippen molar-refractivity contribution < 1.29 is 4.79 Å². The predicted molar refractivity (Wildman–Crippen MR) is 81.0 cm³/mol. The second kappa shape index (κ2) is 6.70. The number of pyridine rings is 1. The van der Waals surface area contributed by atoms with Crippen LogP contribution in [0.4, 0.5) is 5.82 Å². The Bertz CT molecular complexity index is 440. The molecule has 0 radical (unpaired) electrons. The lowest BCUT2D eigenvalue weighted by atomic mass is 10.2. The van der Waals surface area contributed by atoms with Crippen LogP contribution in [0.1, 0.15) is 30.1 Å². The van der Waals surface area contributed by atoms with Crippen molar-refractivity contribution in [3.63, 3.8) is 0 Å². The van der Waals surface area contributed by atoms with Gasteiger partial charge in [0.15, 0.2) is 0 Å². The van der Waals surface area contributed by atoms with Crippen LogP contribution < -0.4 is 5.32 Å². The van der Waals surface area contributed by atoms with Gasteiger partial charge in [-0.05, 0) is 31.5 Å². The quantitative estimate of drug-likeness (QED) is 0.823. The van der Waals surface area contributed by atoms with Crippen LogP contribution in [-0.2, 0) is 0 Å². The highest BCUT2D eigenvalue weighted by Gasteiger charge is 2.27. The van der Waals surface area contributed by atoms with Gasteiger partial charge in [-0.3, -0.25) is 9.69 Å². The fourth-order valence-electron chi connectivity index (χ4n) is 2.25. The first-order valence-corrected chi connectivity index (χ1v) is 7.27. The van der Waals surface area contributed by atoms with Crippen molar-refractivity contribution in [3.8, 4) is 0 Å².